The Morgan fingerprint density at radius 1 is 1.00 bits per heavy atom. The van der Waals surface area contributed by atoms with Gasteiger partial charge in [0, 0.05) is 19.1 Å². The van der Waals surface area contributed by atoms with Crippen molar-refractivity contribution >= 4 is 5.91 Å². The Morgan fingerprint density at radius 2 is 1.77 bits per heavy atom. The van der Waals surface area contributed by atoms with Gasteiger partial charge in [0.05, 0.1) is 6.04 Å². The van der Waals surface area contributed by atoms with E-state index in [2.05, 4.69) is 22.5 Å². The number of nitrogens with zero attached hydrogens (tertiary/aromatic N) is 1. The third-order valence-electron chi connectivity index (χ3n) is 7.78. The van der Waals surface area contributed by atoms with Crippen molar-refractivity contribution in [2.24, 2.45) is 23.7 Å². The number of likely N-dealkylation sites (tertiary alicyclic amines) is 1. The Morgan fingerprint density at radius 3 is 2.58 bits per heavy atom. The average Bonchev–Trinajstić information content (AvgIpc) is 3.30. The summed E-state index contributed by atoms with van der Waals surface area (Å²) in [6.45, 7) is 7.18. The van der Waals surface area contributed by atoms with Gasteiger partial charge in [0.1, 0.15) is 0 Å². The summed E-state index contributed by atoms with van der Waals surface area (Å²) in [6.07, 6.45) is 13.2. The van der Waals surface area contributed by atoms with Gasteiger partial charge in [-0.3, -0.25) is 4.79 Å². The second kappa shape index (κ2) is 8.60. The highest BCUT2D eigenvalue weighted by molar-refractivity contribution is 5.82. The van der Waals surface area contributed by atoms with E-state index in [1.165, 1.54) is 77.4 Å². The predicted octanol–water partition coefficient (Wildman–Crippen LogP) is 3.17. The van der Waals surface area contributed by atoms with Crippen LogP contribution in [0.5, 0.6) is 0 Å². The van der Waals surface area contributed by atoms with E-state index < -0.39 is 0 Å². The fourth-order valence-electron chi connectivity index (χ4n) is 6.33. The number of fused-ring (bicyclic) bond motifs is 1. The zero-order valence-corrected chi connectivity index (χ0v) is 16.7. The summed E-state index contributed by atoms with van der Waals surface area (Å²) in [5, 5.41) is 6.99. The maximum atomic E-state index is 12.7. The van der Waals surface area contributed by atoms with E-state index in [-0.39, 0.29) is 11.9 Å². The van der Waals surface area contributed by atoms with Crippen LogP contribution in [0.1, 0.15) is 71.1 Å². The molecule has 4 heteroatoms. The van der Waals surface area contributed by atoms with Crippen LogP contribution < -0.4 is 10.6 Å². The Kier molecular flexibility index (Phi) is 6.20. The average molecular weight is 362 g/mol. The van der Waals surface area contributed by atoms with E-state index in [1.807, 2.05) is 0 Å². The third-order valence-corrected chi connectivity index (χ3v) is 7.78. The smallest absolute Gasteiger partial charge is 0.237 e. The summed E-state index contributed by atoms with van der Waals surface area (Å²) in [5.74, 6) is 3.29. The molecule has 148 valence electrons. The molecule has 0 aromatic carbocycles. The third kappa shape index (κ3) is 4.44. The molecule has 2 aliphatic heterocycles. The lowest BCUT2D eigenvalue weighted by atomic mass is 9.78. The summed E-state index contributed by atoms with van der Waals surface area (Å²) < 4.78 is 0. The van der Waals surface area contributed by atoms with E-state index in [4.69, 9.17) is 0 Å². The number of rotatable bonds is 5. The topological polar surface area (TPSA) is 44.4 Å². The van der Waals surface area contributed by atoms with Gasteiger partial charge in [0.25, 0.3) is 0 Å². The molecule has 4 aliphatic rings. The largest absolute Gasteiger partial charge is 0.354 e. The Bertz CT molecular complexity index is 476. The highest BCUT2D eigenvalue weighted by atomic mass is 16.2. The number of carbonyl (C=O) groups is 1. The fourth-order valence-corrected chi connectivity index (χ4v) is 6.33. The second-order valence-electron chi connectivity index (χ2n) is 9.80. The van der Waals surface area contributed by atoms with Gasteiger partial charge in [-0.05, 0) is 88.1 Å². The van der Waals surface area contributed by atoms with Crippen LogP contribution in [0.15, 0.2) is 0 Å². The lowest BCUT2D eigenvalue weighted by Gasteiger charge is -2.32. The predicted molar refractivity (Wildman–Crippen MR) is 106 cm³/mol. The first-order chi connectivity index (χ1) is 12.7. The quantitative estimate of drug-likeness (QED) is 0.790. The van der Waals surface area contributed by atoms with E-state index in [0.717, 1.165) is 30.7 Å². The second-order valence-corrected chi connectivity index (χ2v) is 9.80. The van der Waals surface area contributed by atoms with Crippen molar-refractivity contribution in [3.05, 3.63) is 0 Å². The van der Waals surface area contributed by atoms with E-state index in [9.17, 15) is 4.79 Å². The molecule has 26 heavy (non-hydrogen) atoms. The molecule has 0 aromatic heterocycles. The number of carbonyl (C=O) groups excluding carboxylic acids is 1. The first-order valence-corrected chi connectivity index (χ1v) is 11.4. The van der Waals surface area contributed by atoms with Gasteiger partial charge in [0.15, 0.2) is 0 Å². The summed E-state index contributed by atoms with van der Waals surface area (Å²) in [5.41, 5.74) is 0. The molecule has 2 aliphatic carbocycles. The van der Waals surface area contributed by atoms with Crippen molar-refractivity contribution in [2.45, 2.75) is 83.2 Å². The van der Waals surface area contributed by atoms with Gasteiger partial charge in [-0.15, -0.1) is 0 Å². The molecule has 4 nitrogen and oxygen atoms in total. The molecule has 2 heterocycles. The molecule has 6 atom stereocenters. The van der Waals surface area contributed by atoms with Crippen molar-refractivity contribution in [1.29, 1.82) is 0 Å². The van der Waals surface area contributed by atoms with Crippen LogP contribution >= 0.6 is 0 Å². The molecule has 0 radical (unpaired) electrons. The summed E-state index contributed by atoms with van der Waals surface area (Å²) in [7, 11) is 0. The SMILES string of the molecule is CC1CCCC2CC(C(=O)NCC3CCCC(CN4CCCC4)C3)NC12. The van der Waals surface area contributed by atoms with Gasteiger partial charge in [-0.2, -0.15) is 0 Å². The van der Waals surface area contributed by atoms with Gasteiger partial charge < -0.3 is 15.5 Å². The minimum atomic E-state index is 0.0644. The van der Waals surface area contributed by atoms with Gasteiger partial charge >= 0.3 is 0 Å². The number of hydrogen-bond acceptors (Lipinski definition) is 3. The van der Waals surface area contributed by atoms with Crippen molar-refractivity contribution in [1.82, 2.24) is 15.5 Å². The highest BCUT2D eigenvalue weighted by Crippen LogP contribution is 2.36. The van der Waals surface area contributed by atoms with Crippen LogP contribution in [0.2, 0.25) is 0 Å². The molecule has 2 saturated heterocycles. The number of amides is 1. The monoisotopic (exact) mass is 361 g/mol. The van der Waals surface area contributed by atoms with E-state index in [1.54, 1.807) is 0 Å². The molecule has 0 bridgehead atoms. The number of nitrogens with one attached hydrogen (secondary N) is 2. The first-order valence-electron chi connectivity index (χ1n) is 11.4. The standard InChI is InChI=1S/C22H39N3O/c1-16-6-4-9-19-13-20(24-21(16)19)22(26)23-14-17-7-5-8-18(12-17)15-25-10-2-3-11-25/h16-21,24H,2-15H2,1H3,(H,23,26). The Hall–Kier alpha value is -0.610. The molecule has 2 N–H and O–H groups in total. The van der Waals surface area contributed by atoms with Crippen LogP contribution in [-0.2, 0) is 4.79 Å². The van der Waals surface area contributed by atoms with Crippen LogP contribution in [0.4, 0.5) is 0 Å². The molecule has 0 aromatic rings. The fraction of sp³-hybridized carbons (Fsp3) is 0.955. The summed E-state index contributed by atoms with van der Waals surface area (Å²) in [4.78, 5) is 15.4. The molecule has 0 spiro atoms. The Labute approximate surface area is 159 Å². The molecule has 2 saturated carbocycles. The van der Waals surface area contributed by atoms with Crippen LogP contribution in [-0.4, -0.2) is 49.1 Å². The van der Waals surface area contributed by atoms with Crippen molar-refractivity contribution in [2.75, 3.05) is 26.2 Å². The van der Waals surface area contributed by atoms with Gasteiger partial charge in [-0.25, -0.2) is 0 Å². The lowest BCUT2D eigenvalue weighted by Crippen LogP contribution is -2.46. The van der Waals surface area contributed by atoms with Crippen LogP contribution in [0, 0.1) is 23.7 Å². The normalized spacial score (nSPS) is 41.1. The molecule has 4 fully saturated rings. The molecular weight excluding hydrogens is 322 g/mol. The highest BCUT2D eigenvalue weighted by Gasteiger charge is 2.41. The van der Waals surface area contributed by atoms with Crippen LogP contribution in [0.25, 0.3) is 0 Å². The maximum Gasteiger partial charge on any atom is 0.237 e. The summed E-state index contributed by atoms with van der Waals surface area (Å²) >= 11 is 0. The van der Waals surface area contributed by atoms with Gasteiger partial charge in [0.2, 0.25) is 5.91 Å². The maximum absolute atomic E-state index is 12.7. The molecular formula is C22H39N3O. The number of hydrogen-bond donors (Lipinski definition) is 2. The molecule has 6 unspecified atom stereocenters. The zero-order chi connectivity index (χ0) is 17.9. The van der Waals surface area contributed by atoms with Crippen molar-refractivity contribution in [3.63, 3.8) is 0 Å². The Balaban J connectivity index is 1.20. The zero-order valence-electron chi connectivity index (χ0n) is 16.7. The van der Waals surface area contributed by atoms with E-state index >= 15 is 0 Å². The van der Waals surface area contributed by atoms with E-state index in [0.29, 0.717) is 12.0 Å². The molecule has 1 amide bonds. The molecule has 4 rings (SSSR count). The minimum absolute atomic E-state index is 0.0644. The van der Waals surface area contributed by atoms with Gasteiger partial charge in [-0.1, -0.05) is 19.8 Å². The van der Waals surface area contributed by atoms with Crippen LogP contribution in [0.3, 0.4) is 0 Å². The van der Waals surface area contributed by atoms with Crippen molar-refractivity contribution < 1.29 is 4.79 Å². The summed E-state index contributed by atoms with van der Waals surface area (Å²) in [6, 6.07) is 0.647. The first kappa shape index (κ1) is 18.7. The van der Waals surface area contributed by atoms with Crippen molar-refractivity contribution in [3.8, 4) is 0 Å². The minimum Gasteiger partial charge on any atom is -0.354 e. The lowest BCUT2D eigenvalue weighted by molar-refractivity contribution is -0.123.